The zero-order chi connectivity index (χ0) is 13.6. The molecule has 0 saturated carbocycles. The highest BCUT2D eigenvalue weighted by Crippen LogP contribution is 2.24. The third-order valence-electron chi connectivity index (χ3n) is 2.59. The fourth-order valence-corrected chi connectivity index (χ4v) is 1.55. The molecule has 0 unspecified atom stereocenters. The largest absolute Gasteiger partial charge is 0.395 e. The van der Waals surface area contributed by atoms with Crippen molar-refractivity contribution in [3.63, 3.8) is 0 Å². The van der Waals surface area contributed by atoms with E-state index in [1.165, 1.54) is 5.56 Å². The number of hydrogen-bond donors (Lipinski definition) is 3. The topological polar surface area (TPSA) is 61.4 Å². The zero-order valence-electron chi connectivity index (χ0n) is 11.3. The Morgan fingerprint density at radius 2 is 2.06 bits per heavy atom. The monoisotopic (exact) mass is 250 g/mol. The summed E-state index contributed by atoms with van der Waals surface area (Å²) in [6, 6.07) is 7.86. The summed E-state index contributed by atoms with van der Waals surface area (Å²) in [5.74, 6) is -0.102. The molecule has 100 valence electrons. The number of carbonyl (C=O) groups excluding carboxylic acids is 1. The fourth-order valence-electron chi connectivity index (χ4n) is 1.55. The normalized spacial score (nSPS) is 11.3. The lowest BCUT2D eigenvalue weighted by molar-refractivity contribution is -0.115. The van der Waals surface area contributed by atoms with Crippen molar-refractivity contribution in [3.8, 4) is 0 Å². The number of anilines is 1. The van der Waals surface area contributed by atoms with Crippen LogP contribution in [0.3, 0.4) is 0 Å². The van der Waals surface area contributed by atoms with E-state index in [9.17, 15) is 4.79 Å². The standard InChI is InChI=1S/C14H22N2O2/c1-14(2,3)11-5-4-6-12(9-11)16-13(18)10-15-7-8-17/h4-6,9,15,17H,7-8,10H2,1-3H3,(H,16,18). The van der Waals surface area contributed by atoms with Crippen LogP contribution in [0.4, 0.5) is 5.69 Å². The molecule has 0 saturated heterocycles. The predicted molar refractivity (Wildman–Crippen MR) is 73.7 cm³/mol. The maximum absolute atomic E-state index is 11.6. The first-order valence-corrected chi connectivity index (χ1v) is 6.15. The van der Waals surface area contributed by atoms with E-state index in [2.05, 4.69) is 37.5 Å². The van der Waals surface area contributed by atoms with Gasteiger partial charge in [0.05, 0.1) is 13.2 Å². The summed E-state index contributed by atoms with van der Waals surface area (Å²) in [6.45, 7) is 7.08. The van der Waals surface area contributed by atoms with E-state index in [1.807, 2.05) is 18.2 Å². The van der Waals surface area contributed by atoms with Crippen LogP contribution < -0.4 is 10.6 Å². The minimum Gasteiger partial charge on any atom is -0.395 e. The van der Waals surface area contributed by atoms with Gasteiger partial charge in [0.2, 0.25) is 5.91 Å². The smallest absolute Gasteiger partial charge is 0.238 e. The summed E-state index contributed by atoms with van der Waals surface area (Å²) in [5, 5.41) is 14.3. The molecule has 0 aliphatic carbocycles. The maximum Gasteiger partial charge on any atom is 0.238 e. The molecule has 0 atom stereocenters. The number of amides is 1. The summed E-state index contributed by atoms with van der Waals surface area (Å²) in [5.41, 5.74) is 2.05. The minimum atomic E-state index is -0.102. The van der Waals surface area contributed by atoms with Gasteiger partial charge < -0.3 is 15.7 Å². The van der Waals surface area contributed by atoms with Crippen molar-refractivity contribution < 1.29 is 9.90 Å². The number of rotatable bonds is 5. The Kier molecular flexibility index (Phi) is 5.31. The second kappa shape index (κ2) is 6.52. The summed E-state index contributed by atoms with van der Waals surface area (Å²) in [6.07, 6.45) is 0. The number of carbonyl (C=O) groups is 1. The number of benzene rings is 1. The van der Waals surface area contributed by atoms with Crippen molar-refractivity contribution >= 4 is 11.6 Å². The fraction of sp³-hybridized carbons (Fsp3) is 0.500. The van der Waals surface area contributed by atoms with Gasteiger partial charge in [-0.05, 0) is 23.1 Å². The lowest BCUT2D eigenvalue weighted by Gasteiger charge is -2.19. The first-order valence-electron chi connectivity index (χ1n) is 6.15. The Hall–Kier alpha value is -1.39. The van der Waals surface area contributed by atoms with Crippen LogP contribution in [0.25, 0.3) is 0 Å². The summed E-state index contributed by atoms with van der Waals surface area (Å²) < 4.78 is 0. The molecule has 4 heteroatoms. The molecule has 0 aliphatic heterocycles. The summed E-state index contributed by atoms with van der Waals surface area (Å²) in [4.78, 5) is 11.6. The van der Waals surface area contributed by atoms with Crippen LogP contribution in [0.15, 0.2) is 24.3 Å². The second-order valence-electron chi connectivity index (χ2n) is 5.28. The van der Waals surface area contributed by atoms with Crippen LogP contribution in [-0.2, 0) is 10.2 Å². The third kappa shape index (κ3) is 4.85. The second-order valence-corrected chi connectivity index (χ2v) is 5.28. The van der Waals surface area contributed by atoms with Crippen molar-refractivity contribution in [2.75, 3.05) is 25.0 Å². The molecule has 0 fully saturated rings. The summed E-state index contributed by atoms with van der Waals surface area (Å²) >= 11 is 0. The molecule has 0 heterocycles. The highest BCUT2D eigenvalue weighted by atomic mass is 16.3. The van der Waals surface area contributed by atoms with E-state index in [0.29, 0.717) is 6.54 Å². The van der Waals surface area contributed by atoms with Gasteiger partial charge in [0.15, 0.2) is 0 Å². The highest BCUT2D eigenvalue weighted by molar-refractivity contribution is 5.92. The van der Waals surface area contributed by atoms with E-state index in [1.54, 1.807) is 0 Å². The first kappa shape index (κ1) is 14.7. The van der Waals surface area contributed by atoms with Gasteiger partial charge in [-0.2, -0.15) is 0 Å². The van der Waals surface area contributed by atoms with Gasteiger partial charge in [-0.15, -0.1) is 0 Å². The van der Waals surface area contributed by atoms with Gasteiger partial charge in [-0.1, -0.05) is 32.9 Å². The van der Waals surface area contributed by atoms with E-state index < -0.39 is 0 Å². The van der Waals surface area contributed by atoms with Crippen LogP contribution in [0.2, 0.25) is 0 Å². The SMILES string of the molecule is CC(C)(C)c1cccc(NC(=O)CNCCO)c1. The van der Waals surface area contributed by atoms with E-state index in [4.69, 9.17) is 5.11 Å². The molecule has 0 radical (unpaired) electrons. The van der Waals surface area contributed by atoms with Gasteiger partial charge in [-0.3, -0.25) is 4.79 Å². The van der Waals surface area contributed by atoms with Gasteiger partial charge in [0, 0.05) is 12.2 Å². The van der Waals surface area contributed by atoms with Crippen molar-refractivity contribution in [2.24, 2.45) is 0 Å². The number of aliphatic hydroxyl groups excluding tert-OH is 1. The molecule has 18 heavy (non-hydrogen) atoms. The molecular weight excluding hydrogens is 228 g/mol. The molecular formula is C14H22N2O2. The Morgan fingerprint density at radius 1 is 1.33 bits per heavy atom. The molecule has 0 aliphatic rings. The molecule has 3 N–H and O–H groups in total. The van der Waals surface area contributed by atoms with E-state index >= 15 is 0 Å². The highest BCUT2D eigenvalue weighted by Gasteiger charge is 2.13. The molecule has 0 aromatic heterocycles. The van der Waals surface area contributed by atoms with Crippen molar-refractivity contribution in [3.05, 3.63) is 29.8 Å². The van der Waals surface area contributed by atoms with Crippen molar-refractivity contribution in [2.45, 2.75) is 26.2 Å². The lowest BCUT2D eigenvalue weighted by Crippen LogP contribution is -2.30. The zero-order valence-corrected chi connectivity index (χ0v) is 11.3. The number of nitrogens with one attached hydrogen (secondary N) is 2. The predicted octanol–water partition coefficient (Wildman–Crippen LogP) is 1.50. The van der Waals surface area contributed by atoms with Crippen LogP contribution in [0.5, 0.6) is 0 Å². The molecule has 1 amide bonds. The average molecular weight is 250 g/mol. The summed E-state index contributed by atoms with van der Waals surface area (Å²) in [7, 11) is 0. The van der Waals surface area contributed by atoms with Crippen LogP contribution in [0.1, 0.15) is 26.3 Å². The van der Waals surface area contributed by atoms with Crippen molar-refractivity contribution in [1.29, 1.82) is 0 Å². The molecule has 1 rings (SSSR count). The molecule has 4 nitrogen and oxygen atoms in total. The van der Waals surface area contributed by atoms with Gasteiger partial charge in [0.1, 0.15) is 0 Å². The quantitative estimate of drug-likeness (QED) is 0.694. The first-order chi connectivity index (χ1) is 8.43. The average Bonchev–Trinajstić information content (AvgIpc) is 2.28. The van der Waals surface area contributed by atoms with Gasteiger partial charge >= 0.3 is 0 Å². The Labute approximate surface area is 108 Å². The van der Waals surface area contributed by atoms with Gasteiger partial charge in [-0.25, -0.2) is 0 Å². The molecule has 1 aromatic carbocycles. The molecule has 0 spiro atoms. The number of hydrogen-bond acceptors (Lipinski definition) is 3. The van der Waals surface area contributed by atoms with Crippen LogP contribution >= 0.6 is 0 Å². The minimum absolute atomic E-state index is 0.0345. The number of aliphatic hydroxyl groups is 1. The van der Waals surface area contributed by atoms with E-state index in [0.717, 1.165) is 5.69 Å². The van der Waals surface area contributed by atoms with Crippen LogP contribution in [0, 0.1) is 0 Å². The van der Waals surface area contributed by atoms with Crippen LogP contribution in [-0.4, -0.2) is 30.7 Å². The Morgan fingerprint density at radius 3 is 2.67 bits per heavy atom. The molecule has 1 aromatic rings. The van der Waals surface area contributed by atoms with E-state index in [-0.39, 0.29) is 24.5 Å². The lowest BCUT2D eigenvalue weighted by atomic mass is 9.87. The van der Waals surface area contributed by atoms with Gasteiger partial charge in [0.25, 0.3) is 0 Å². The van der Waals surface area contributed by atoms with Crippen molar-refractivity contribution in [1.82, 2.24) is 5.32 Å². The third-order valence-corrected chi connectivity index (χ3v) is 2.59. The Bertz CT molecular complexity index is 397. The Balaban J connectivity index is 2.60. The maximum atomic E-state index is 11.6. The molecule has 0 bridgehead atoms.